The fourth-order valence-corrected chi connectivity index (χ4v) is 2.96. The molecule has 1 N–H and O–H groups in total. The standard InChI is InChI=1S/C16H17NO4S/c1-3-16(18)12-4-10-15(11-5-12)22(19,20)17-13-6-8-14(21-2)9-7-13/h4-11,17H,3H2,1-2H3. The summed E-state index contributed by atoms with van der Waals surface area (Å²) in [5, 5.41) is 0. The van der Waals surface area contributed by atoms with Crippen molar-refractivity contribution >= 4 is 21.5 Å². The number of carbonyl (C=O) groups excluding carboxylic acids is 1. The van der Waals surface area contributed by atoms with Crippen molar-refractivity contribution < 1.29 is 17.9 Å². The van der Waals surface area contributed by atoms with E-state index in [2.05, 4.69) is 4.72 Å². The van der Waals surface area contributed by atoms with Crippen LogP contribution in [0.2, 0.25) is 0 Å². The fraction of sp³-hybridized carbons (Fsp3) is 0.188. The number of carbonyl (C=O) groups is 1. The van der Waals surface area contributed by atoms with E-state index >= 15 is 0 Å². The lowest BCUT2D eigenvalue weighted by Crippen LogP contribution is -2.13. The van der Waals surface area contributed by atoms with Gasteiger partial charge in [0, 0.05) is 17.7 Å². The van der Waals surface area contributed by atoms with E-state index in [0.717, 1.165) is 0 Å². The number of sulfonamides is 1. The summed E-state index contributed by atoms with van der Waals surface area (Å²) in [4.78, 5) is 11.7. The van der Waals surface area contributed by atoms with Crippen LogP contribution in [0.3, 0.4) is 0 Å². The fourth-order valence-electron chi connectivity index (χ4n) is 1.90. The van der Waals surface area contributed by atoms with Gasteiger partial charge >= 0.3 is 0 Å². The number of hydrogen-bond acceptors (Lipinski definition) is 4. The van der Waals surface area contributed by atoms with E-state index in [1.807, 2.05) is 0 Å². The van der Waals surface area contributed by atoms with Crippen molar-refractivity contribution in [3.8, 4) is 5.75 Å². The number of benzene rings is 2. The van der Waals surface area contributed by atoms with Crippen molar-refractivity contribution in [3.05, 3.63) is 54.1 Å². The van der Waals surface area contributed by atoms with E-state index in [0.29, 0.717) is 23.4 Å². The maximum Gasteiger partial charge on any atom is 0.261 e. The van der Waals surface area contributed by atoms with E-state index in [1.54, 1.807) is 38.3 Å². The summed E-state index contributed by atoms with van der Waals surface area (Å²) < 4.78 is 32.1. The van der Waals surface area contributed by atoms with Crippen LogP contribution in [0.1, 0.15) is 23.7 Å². The molecule has 0 fully saturated rings. The minimum atomic E-state index is -3.68. The molecule has 0 heterocycles. The van der Waals surface area contributed by atoms with Gasteiger partial charge in [0.05, 0.1) is 12.0 Å². The van der Waals surface area contributed by atoms with E-state index < -0.39 is 10.0 Å². The topological polar surface area (TPSA) is 72.5 Å². The van der Waals surface area contributed by atoms with Crippen LogP contribution in [0.4, 0.5) is 5.69 Å². The molecule has 22 heavy (non-hydrogen) atoms. The number of nitrogens with one attached hydrogen (secondary N) is 1. The molecule has 0 unspecified atom stereocenters. The molecular weight excluding hydrogens is 302 g/mol. The monoisotopic (exact) mass is 319 g/mol. The van der Waals surface area contributed by atoms with Crippen molar-refractivity contribution in [2.45, 2.75) is 18.2 Å². The maximum absolute atomic E-state index is 12.3. The zero-order chi connectivity index (χ0) is 16.2. The van der Waals surface area contributed by atoms with Crippen LogP contribution in [0.15, 0.2) is 53.4 Å². The minimum Gasteiger partial charge on any atom is -0.497 e. The zero-order valence-corrected chi connectivity index (χ0v) is 13.2. The van der Waals surface area contributed by atoms with Gasteiger partial charge in [-0.3, -0.25) is 9.52 Å². The van der Waals surface area contributed by atoms with Gasteiger partial charge in [-0.05, 0) is 36.4 Å². The molecule has 0 saturated carbocycles. The molecule has 0 radical (unpaired) electrons. The molecular formula is C16H17NO4S. The highest BCUT2D eigenvalue weighted by atomic mass is 32.2. The lowest BCUT2D eigenvalue weighted by atomic mass is 10.1. The largest absolute Gasteiger partial charge is 0.497 e. The maximum atomic E-state index is 12.3. The van der Waals surface area contributed by atoms with Crippen LogP contribution >= 0.6 is 0 Å². The van der Waals surface area contributed by atoms with Crippen LogP contribution in [-0.2, 0) is 10.0 Å². The summed E-state index contributed by atoms with van der Waals surface area (Å²) in [7, 11) is -2.14. The number of anilines is 1. The van der Waals surface area contributed by atoms with Crippen LogP contribution in [-0.4, -0.2) is 21.3 Å². The second-order valence-corrected chi connectivity index (χ2v) is 6.32. The van der Waals surface area contributed by atoms with E-state index in [4.69, 9.17) is 4.74 Å². The van der Waals surface area contributed by atoms with Gasteiger partial charge < -0.3 is 4.74 Å². The molecule has 116 valence electrons. The Labute approximate surface area is 130 Å². The van der Waals surface area contributed by atoms with E-state index in [1.165, 1.54) is 24.3 Å². The first-order valence-corrected chi connectivity index (χ1v) is 8.24. The van der Waals surface area contributed by atoms with Crippen LogP contribution in [0, 0.1) is 0 Å². The molecule has 0 bridgehead atoms. The summed E-state index contributed by atoms with van der Waals surface area (Å²) in [5.41, 5.74) is 0.945. The van der Waals surface area contributed by atoms with Gasteiger partial charge in [-0.15, -0.1) is 0 Å². The molecule has 0 aromatic heterocycles. The first-order chi connectivity index (χ1) is 10.5. The molecule has 0 aliphatic carbocycles. The Kier molecular flexibility index (Phi) is 4.82. The van der Waals surface area contributed by atoms with Gasteiger partial charge in [-0.2, -0.15) is 0 Å². The third-order valence-corrected chi connectivity index (χ3v) is 4.55. The lowest BCUT2D eigenvalue weighted by molar-refractivity contribution is 0.0988. The average Bonchev–Trinajstić information content (AvgIpc) is 2.54. The average molecular weight is 319 g/mol. The second-order valence-electron chi connectivity index (χ2n) is 4.64. The summed E-state index contributed by atoms with van der Waals surface area (Å²) >= 11 is 0. The number of rotatable bonds is 6. The summed E-state index contributed by atoms with van der Waals surface area (Å²) in [5.74, 6) is 0.623. The Morgan fingerprint density at radius 1 is 1.05 bits per heavy atom. The number of ether oxygens (including phenoxy) is 1. The molecule has 0 amide bonds. The molecule has 2 aromatic carbocycles. The predicted octanol–water partition coefficient (Wildman–Crippen LogP) is 3.09. The molecule has 0 aliphatic rings. The van der Waals surface area contributed by atoms with Gasteiger partial charge in [0.2, 0.25) is 0 Å². The molecule has 2 rings (SSSR count). The normalized spacial score (nSPS) is 11.0. The first-order valence-electron chi connectivity index (χ1n) is 6.76. The Morgan fingerprint density at radius 3 is 2.14 bits per heavy atom. The predicted molar refractivity (Wildman–Crippen MR) is 84.9 cm³/mol. The van der Waals surface area contributed by atoms with Crippen molar-refractivity contribution in [3.63, 3.8) is 0 Å². The Morgan fingerprint density at radius 2 is 1.64 bits per heavy atom. The number of methoxy groups -OCH3 is 1. The van der Waals surface area contributed by atoms with Gasteiger partial charge in [0.15, 0.2) is 5.78 Å². The lowest BCUT2D eigenvalue weighted by Gasteiger charge is -2.09. The Balaban J connectivity index is 2.20. The third-order valence-electron chi connectivity index (χ3n) is 3.15. The van der Waals surface area contributed by atoms with E-state index in [9.17, 15) is 13.2 Å². The molecule has 0 aliphatic heterocycles. The Bertz CT molecular complexity index is 750. The van der Waals surface area contributed by atoms with Gasteiger partial charge in [-0.1, -0.05) is 19.1 Å². The molecule has 2 aromatic rings. The number of ketones is 1. The second kappa shape index (κ2) is 6.62. The first kappa shape index (κ1) is 16.0. The van der Waals surface area contributed by atoms with Gasteiger partial charge in [0.25, 0.3) is 10.0 Å². The summed E-state index contributed by atoms with van der Waals surface area (Å²) in [6.45, 7) is 1.76. The quantitative estimate of drug-likeness (QED) is 0.830. The van der Waals surface area contributed by atoms with Crippen LogP contribution < -0.4 is 9.46 Å². The Hall–Kier alpha value is -2.34. The van der Waals surface area contributed by atoms with Crippen molar-refractivity contribution in [2.24, 2.45) is 0 Å². The smallest absolute Gasteiger partial charge is 0.261 e. The highest BCUT2D eigenvalue weighted by molar-refractivity contribution is 7.92. The summed E-state index contributed by atoms with van der Waals surface area (Å²) in [6.07, 6.45) is 0.385. The third kappa shape index (κ3) is 3.65. The highest BCUT2D eigenvalue weighted by Gasteiger charge is 2.15. The van der Waals surface area contributed by atoms with Crippen molar-refractivity contribution in [1.29, 1.82) is 0 Å². The van der Waals surface area contributed by atoms with Crippen molar-refractivity contribution in [1.82, 2.24) is 0 Å². The molecule has 6 heteroatoms. The van der Waals surface area contributed by atoms with Crippen molar-refractivity contribution in [2.75, 3.05) is 11.8 Å². The molecule has 0 saturated heterocycles. The number of Topliss-reactive ketones (excluding diaryl/α,β-unsaturated/α-hetero) is 1. The number of hydrogen-bond donors (Lipinski definition) is 1. The minimum absolute atomic E-state index is 0.0212. The van der Waals surface area contributed by atoms with Gasteiger partial charge in [0.1, 0.15) is 5.75 Å². The molecule has 5 nitrogen and oxygen atoms in total. The molecule has 0 atom stereocenters. The summed E-state index contributed by atoms with van der Waals surface area (Å²) in [6, 6.07) is 12.5. The van der Waals surface area contributed by atoms with Crippen LogP contribution in [0.25, 0.3) is 0 Å². The SMILES string of the molecule is CCC(=O)c1ccc(S(=O)(=O)Nc2ccc(OC)cc2)cc1. The highest BCUT2D eigenvalue weighted by Crippen LogP contribution is 2.19. The van der Waals surface area contributed by atoms with Crippen LogP contribution in [0.5, 0.6) is 5.75 Å². The molecule has 0 spiro atoms. The van der Waals surface area contributed by atoms with Gasteiger partial charge in [-0.25, -0.2) is 8.42 Å². The van der Waals surface area contributed by atoms with E-state index in [-0.39, 0.29) is 10.7 Å². The zero-order valence-electron chi connectivity index (χ0n) is 12.4.